The first-order valence-electron chi connectivity index (χ1n) is 9.72. The van der Waals surface area contributed by atoms with Gasteiger partial charge in [0.05, 0.1) is 29.0 Å². The van der Waals surface area contributed by atoms with Gasteiger partial charge in [0.2, 0.25) is 0 Å². The highest BCUT2D eigenvalue weighted by Gasteiger charge is 2.24. The van der Waals surface area contributed by atoms with E-state index in [0.717, 1.165) is 29.5 Å². The molecule has 2 N–H and O–H groups in total. The number of rotatable bonds is 5. The zero-order valence-corrected chi connectivity index (χ0v) is 16.3. The average molecular weight is 402 g/mol. The SMILES string of the molecule is Cc1ccc(C(=O)NC2CC2)cc1Nc1nncc2c1cnn2-c1cccc(F)c1. The molecule has 0 saturated heterocycles. The number of amides is 1. The van der Waals surface area contributed by atoms with Crippen molar-refractivity contribution < 1.29 is 9.18 Å². The van der Waals surface area contributed by atoms with Gasteiger partial charge >= 0.3 is 0 Å². The van der Waals surface area contributed by atoms with Crippen LogP contribution in [0.15, 0.2) is 54.9 Å². The number of anilines is 2. The second-order valence-corrected chi connectivity index (χ2v) is 7.43. The first-order chi connectivity index (χ1) is 14.6. The Kier molecular flexibility index (Phi) is 4.39. The Bertz CT molecular complexity index is 1260. The maximum absolute atomic E-state index is 13.6. The third kappa shape index (κ3) is 3.47. The van der Waals surface area contributed by atoms with Crippen LogP contribution in [0.4, 0.5) is 15.9 Å². The Morgan fingerprint density at radius 1 is 1.17 bits per heavy atom. The van der Waals surface area contributed by atoms with E-state index < -0.39 is 0 Å². The van der Waals surface area contributed by atoms with Gasteiger partial charge in [0.15, 0.2) is 5.82 Å². The number of fused-ring (bicyclic) bond motifs is 1. The minimum Gasteiger partial charge on any atom is -0.349 e. The minimum absolute atomic E-state index is 0.0798. The van der Waals surface area contributed by atoms with Gasteiger partial charge in [-0.3, -0.25) is 4.79 Å². The molecule has 30 heavy (non-hydrogen) atoms. The zero-order chi connectivity index (χ0) is 20.7. The van der Waals surface area contributed by atoms with Gasteiger partial charge in [0.1, 0.15) is 5.82 Å². The quantitative estimate of drug-likeness (QED) is 0.529. The predicted octanol–water partition coefficient (Wildman–Crippen LogP) is 3.90. The summed E-state index contributed by atoms with van der Waals surface area (Å²) in [6, 6.07) is 12.0. The molecule has 0 aliphatic heterocycles. The molecule has 0 radical (unpaired) electrons. The second-order valence-electron chi connectivity index (χ2n) is 7.43. The summed E-state index contributed by atoms with van der Waals surface area (Å²) < 4.78 is 15.3. The molecule has 8 heteroatoms. The number of hydrogen-bond acceptors (Lipinski definition) is 5. The van der Waals surface area contributed by atoms with Crippen LogP contribution in [0.2, 0.25) is 0 Å². The van der Waals surface area contributed by atoms with Crippen molar-refractivity contribution in [2.24, 2.45) is 0 Å². The molecule has 7 nitrogen and oxygen atoms in total. The summed E-state index contributed by atoms with van der Waals surface area (Å²) >= 11 is 0. The number of carbonyl (C=O) groups is 1. The molecule has 1 saturated carbocycles. The van der Waals surface area contributed by atoms with Crippen LogP contribution < -0.4 is 10.6 Å². The van der Waals surface area contributed by atoms with Crippen molar-refractivity contribution in [3.63, 3.8) is 0 Å². The fraction of sp³-hybridized carbons (Fsp3) is 0.182. The monoisotopic (exact) mass is 402 g/mol. The molecule has 4 aromatic rings. The lowest BCUT2D eigenvalue weighted by atomic mass is 10.1. The van der Waals surface area contributed by atoms with Gasteiger partial charge in [-0.2, -0.15) is 10.2 Å². The highest BCUT2D eigenvalue weighted by molar-refractivity contribution is 5.96. The zero-order valence-electron chi connectivity index (χ0n) is 16.3. The smallest absolute Gasteiger partial charge is 0.251 e. The van der Waals surface area contributed by atoms with Crippen molar-refractivity contribution >= 4 is 28.3 Å². The molecule has 0 bridgehead atoms. The molecular formula is C22H19FN6O. The number of nitrogens with zero attached hydrogens (tertiary/aromatic N) is 4. The highest BCUT2D eigenvalue weighted by atomic mass is 19.1. The third-order valence-electron chi connectivity index (χ3n) is 5.12. The fourth-order valence-electron chi connectivity index (χ4n) is 3.29. The Morgan fingerprint density at radius 2 is 2.03 bits per heavy atom. The number of nitrogens with one attached hydrogen (secondary N) is 2. The van der Waals surface area contributed by atoms with Crippen molar-refractivity contribution in [3.05, 3.63) is 71.8 Å². The minimum atomic E-state index is -0.339. The van der Waals surface area contributed by atoms with Crippen LogP contribution in [0.25, 0.3) is 16.6 Å². The van der Waals surface area contributed by atoms with E-state index in [1.165, 1.54) is 12.1 Å². The van der Waals surface area contributed by atoms with E-state index in [4.69, 9.17) is 0 Å². The lowest BCUT2D eigenvalue weighted by Gasteiger charge is -2.11. The average Bonchev–Trinajstić information content (AvgIpc) is 3.44. The number of hydrogen-bond donors (Lipinski definition) is 2. The third-order valence-corrected chi connectivity index (χ3v) is 5.12. The summed E-state index contributed by atoms with van der Waals surface area (Å²) in [7, 11) is 0. The largest absolute Gasteiger partial charge is 0.349 e. The van der Waals surface area contributed by atoms with Gasteiger partial charge in [0.25, 0.3) is 5.91 Å². The molecule has 150 valence electrons. The van der Waals surface area contributed by atoms with Crippen LogP contribution in [-0.2, 0) is 0 Å². The number of aromatic nitrogens is 4. The molecule has 0 spiro atoms. The van der Waals surface area contributed by atoms with Crippen molar-refractivity contribution in [3.8, 4) is 5.69 Å². The molecule has 1 amide bonds. The van der Waals surface area contributed by atoms with Crippen molar-refractivity contribution in [2.75, 3.05) is 5.32 Å². The summed E-state index contributed by atoms with van der Waals surface area (Å²) in [5.41, 5.74) is 3.61. The maximum atomic E-state index is 13.6. The Hall–Kier alpha value is -3.81. The normalized spacial score (nSPS) is 13.4. The van der Waals surface area contributed by atoms with E-state index >= 15 is 0 Å². The van der Waals surface area contributed by atoms with Crippen LogP contribution >= 0.6 is 0 Å². The van der Waals surface area contributed by atoms with E-state index in [1.807, 2.05) is 25.1 Å². The van der Waals surface area contributed by atoms with Gasteiger partial charge in [-0.15, -0.1) is 5.10 Å². The van der Waals surface area contributed by atoms with E-state index in [1.54, 1.807) is 29.2 Å². The predicted molar refractivity (Wildman–Crippen MR) is 112 cm³/mol. The summed E-state index contributed by atoms with van der Waals surface area (Å²) in [6.07, 6.45) is 5.33. The van der Waals surface area contributed by atoms with Crippen LogP contribution in [0.5, 0.6) is 0 Å². The highest BCUT2D eigenvalue weighted by Crippen LogP contribution is 2.28. The molecular weight excluding hydrogens is 383 g/mol. The summed E-state index contributed by atoms with van der Waals surface area (Å²) in [4.78, 5) is 12.4. The summed E-state index contributed by atoms with van der Waals surface area (Å²) in [5, 5.41) is 19.7. The topological polar surface area (TPSA) is 84.7 Å². The lowest BCUT2D eigenvalue weighted by molar-refractivity contribution is 0.0951. The van der Waals surface area contributed by atoms with E-state index in [9.17, 15) is 9.18 Å². The van der Waals surface area contributed by atoms with Gasteiger partial charge < -0.3 is 10.6 Å². The van der Waals surface area contributed by atoms with Crippen molar-refractivity contribution in [1.29, 1.82) is 0 Å². The molecule has 2 heterocycles. The van der Waals surface area contributed by atoms with Gasteiger partial charge in [-0.05, 0) is 55.7 Å². The summed E-state index contributed by atoms with van der Waals surface area (Å²) in [6.45, 7) is 1.95. The Labute approximate surface area is 171 Å². The second kappa shape index (κ2) is 7.22. The fourth-order valence-corrected chi connectivity index (χ4v) is 3.29. The Balaban J connectivity index is 1.49. The molecule has 2 aromatic heterocycles. The van der Waals surface area contributed by atoms with Crippen LogP contribution in [-0.4, -0.2) is 31.9 Å². The lowest BCUT2D eigenvalue weighted by Crippen LogP contribution is -2.25. The number of carbonyl (C=O) groups excluding carboxylic acids is 1. The Morgan fingerprint density at radius 3 is 2.83 bits per heavy atom. The summed E-state index contributed by atoms with van der Waals surface area (Å²) in [5.74, 6) is 0.0928. The molecule has 1 aliphatic rings. The molecule has 0 unspecified atom stereocenters. The van der Waals surface area contributed by atoms with E-state index in [2.05, 4.69) is 25.9 Å². The standard InChI is InChI=1S/C22H19FN6O/c1-13-5-6-14(22(30)26-16-7-8-16)9-19(13)27-21-18-11-25-29(20(18)12-24-28-21)17-4-2-3-15(23)10-17/h2-6,9-12,16H,7-8H2,1H3,(H,26,30)(H,27,28). The molecule has 1 aliphatic carbocycles. The van der Waals surface area contributed by atoms with Crippen LogP contribution in [0, 0.1) is 12.7 Å². The molecule has 1 fully saturated rings. The van der Waals surface area contributed by atoms with Crippen molar-refractivity contribution in [2.45, 2.75) is 25.8 Å². The van der Waals surface area contributed by atoms with Crippen molar-refractivity contribution in [1.82, 2.24) is 25.3 Å². The van der Waals surface area contributed by atoms with Gasteiger partial charge in [0, 0.05) is 17.3 Å². The van der Waals surface area contributed by atoms with Gasteiger partial charge in [-0.25, -0.2) is 9.07 Å². The van der Waals surface area contributed by atoms with Gasteiger partial charge in [-0.1, -0.05) is 12.1 Å². The molecule has 5 rings (SSSR count). The number of benzene rings is 2. The van der Waals surface area contributed by atoms with E-state index in [-0.39, 0.29) is 11.7 Å². The van der Waals surface area contributed by atoms with Crippen LogP contribution in [0.3, 0.4) is 0 Å². The first kappa shape index (κ1) is 18.2. The molecule has 0 atom stereocenters. The number of aryl methyl sites for hydroxylation is 1. The van der Waals surface area contributed by atoms with Crippen LogP contribution in [0.1, 0.15) is 28.8 Å². The van der Waals surface area contributed by atoms with E-state index in [0.29, 0.717) is 28.6 Å². The number of halogens is 1. The first-order valence-corrected chi connectivity index (χ1v) is 9.72. The molecule has 2 aromatic carbocycles. The maximum Gasteiger partial charge on any atom is 0.251 e.